The highest BCUT2D eigenvalue weighted by molar-refractivity contribution is 7.07. The first-order valence-electron chi connectivity index (χ1n) is 11.7. The van der Waals surface area contributed by atoms with E-state index in [2.05, 4.69) is 4.99 Å². The van der Waals surface area contributed by atoms with Gasteiger partial charge in [-0.3, -0.25) is 14.2 Å². The molecule has 184 valence electrons. The standard InChI is InChI=1S/C27H24ClN3O4S/c1-5-30-19-9-7-6-8-18(19)21(24(30)32)23-25(33)31-22(16-10-12-17(28)13-11-16)20(26(34)35-14(2)3)15(4)29-27(31)36-23/h6-14,22H,5H2,1-4H3/b23-21+/t22-/m1/s1. The predicted molar refractivity (Wildman–Crippen MR) is 140 cm³/mol. The number of allylic oxidation sites excluding steroid dienone is 1. The van der Waals surface area contributed by atoms with Gasteiger partial charge in [0.15, 0.2) is 4.80 Å². The summed E-state index contributed by atoms with van der Waals surface area (Å²) in [6, 6.07) is 13.7. The number of rotatable bonds is 4. The number of halogens is 1. The molecule has 2 aromatic carbocycles. The van der Waals surface area contributed by atoms with E-state index >= 15 is 0 Å². The average Bonchev–Trinajstić information content (AvgIpc) is 3.30. The zero-order valence-corrected chi connectivity index (χ0v) is 21.8. The topological polar surface area (TPSA) is 81.0 Å². The van der Waals surface area contributed by atoms with Gasteiger partial charge >= 0.3 is 5.97 Å². The van der Waals surface area contributed by atoms with Crippen molar-refractivity contribution in [2.75, 3.05) is 11.4 Å². The number of fused-ring (bicyclic) bond motifs is 2. The minimum Gasteiger partial charge on any atom is -0.459 e. The van der Waals surface area contributed by atoms with Crippen LogP contribution in [0, 0.1) is 0 Å². The summed E-state index contributed by atoms with van der Waals surface area (Å²) < 4.78 is 7.32. The van der Waals surface area contributed by atoms with Crippen LogP contribution in [-0.2, 0) is 14.3 Å². The molecule has 2 aliphatic heterocycles. The van der Waals surface area contributed by atoms with Gasteiger partial charge in [0.2, 0.25) is 0 Å². The maximum absolute atomic E-state index is 14.0. The predicted octanol–water partition coefficient (Wildman–Crippen LogP) is 3.58. The lowest BCUT2D eigenvalue weighted by atomic mass is 9.96. The molecule has 36 heavy (non-hydrogen) atoms. The van der Waals surface area contributed by atoms with Crippen molar-refractivity contribution >= 4 is 46.1 Å². The molecule has 0 saturated carbocycles. The van der Waals surface area contributed by atoms with E-state index in [0.717, 1.165) is 17.0 Å². The molecular weight excluding hydrogens is 498 g/mol. The normalized spacial score (nSPS) is 18.3. The minimum atomic E-state index is -0.770. The summed E-state index contributed by atoms with van der Waals surface area (Å²) in [6.45, 7) is 7.65. The van der Waals surface area contributed by atoms with E-state index < -0.39 is 12.0 Å². The number of ether oxygens (including phenoxy) is 1. The lowest BCUT2D eigenvalue weighted by Crippen LogP contribution is -2.41. The molecule has 0 spiro atoms. The van der Waals surface area contributed by atoms with Crippen molar-refractivity contribution in [3.63, 3.8) is 0 Å². The molecule has 9 heteroatoms. The van der Waals surface area contributed by atoms with E-state index in [9.17, 15) is 14.4 Å². The van der Waals surface area contributed by atoms with Gasteiger partial charge in [0.25, 0.3) is 11.5 Å². The van der Waals surface area contributed by atoms with Gasteiger partial charge in [0.1, 0.15) is 4.53 Å². The number of hydrogen-bond acceptors (Lipinski definition) is 6. The Labute approximate surface area is 216 Å². The lowest BCUT2D eigenvalue weighted by molar-refractivity contribution is -0.143. The third kappa shape index (κ3) is 3.81. The highest BCUT2D eigenvalue weighted by atomic mass is 35.5. The summed E-state index contributed by atoms with van der Waals surface area (Å²) in [4.78, 5) is 47.3. The van der Waals surface area contributed by atoms with Crippen LogP contribution in [0.25, 0.3) is 5.57 Å². The monoisotopic (exact) mass is 521 g/mol. The minimum absolute atomic E-state index is 0.220. The molecule has 5 rings (SSSR count). The third-order valence-corrected chi connectivity index (χ3v) is 7.52. The largest absolute Gasteiger partial charge is 0.459 e. The number of anilines is 1. The molecule has 1 amide bonds. The van der Waals surface area contributed by atoms with Crippen LogP contribution in [-0.4, -0.2) is 29.1 Å². The van der Waals surface area contributed by atoms with Crippen LogP contribution in [0.5, 0.6) is 0 Å². The Hall–Kier alpha value is -3.49. The summed E-state index contributed by atoms with van der Waals surface area (Å²) in [5, 5.41) is 0.535. The number of thiazole rings is 1. The number of hydrogen-bond donors (Lipinski definition) is 0. The quantitative estimate of drug-likeness (QED) is 0.491. The Morgan fingerprint density at radius 1 is 1.14 bits per heavy atom. The molecule has 0 aliphatic carbocycles. The van der Waals surface area contributed by atoms with Crippen LogP contribution >= 0.6 is 22.9 Å². The average molecular weight is 522 g/mol. The molecule has 3 heterocycles. The fourth-order valence-electron chi connectivity index (χ4n) is 4.68. The highest BCUT2D eigenvalue weighted by Gasteiger charge is 2.37. The molecule has 0 N–H and O–H groups in total. The number of para-hydroxylation sites is 1. The first-order chi connectivity index (χ1) is 17.2. The number of nitrogens with zero attached hydrogens (tertiary/aromatic N) is 3. The summed E-state index contributed by atoms with van der Waals surface area (Å²) in [7, 11) is 0. The van der Waals surface area contributed by atoms with Gasteiger partial charge in [-0.2, -0.15) is 0 Å². The van der Waals surface area contributed by atoms with Crippen LogP contribution in [0.4, 0.5) is 5.69 Å². The maximum Gasteiger partial charge on any atom is 0.338 e. The van der Waals surface area contributed by atoms with E-state index in [4.69, 9.17) is 16.3 Å². The Morgan fingerprint density at radius 3 is 2.50 bits per heavy atom. The molecule has 1 aromatic heterocycles. The number of carbonyl (C=O) groups is 2. The summed E-state index contributed by atoms with van der Waals surface area (Å²) in [6.07, 6.45) is -0.344. The molecule has 3 aromatic rings. The number of benzene rings is 2. The van der Waals surface area contributed by atoms with Crippen molar-refractivity contribution in [2.24, 2.45) is 4.99 Å². The Bertz CT molecular complexity index is 1620. The third-order valence-electron chi connectivity index (χ3n) is 6.21. The second-order valence-corrected chi connectivity index (χ2v) is 10.3. The molecule has 0 saturated heterocycles. The number of esters is 1. The summed E-state index contributed by atoms with van der Waals surface area (Å²) in [5.41, 5.74) is 2.91. The van der Waals surface area contributed by atoms with Crippen LogP contribution < -0.4 is 19.8 Å². The second kappa shape index (κ2) is 9.19. The zero-order valence-electron chi connectivity index (χ0n) is 20.2. The molecular formula is C27H24ClN3O4S. The van der Waals surface area contributed by atoms with Crippen LogP contribution in [0.3, 0.4) is 0 Å². The summed E-state index contributed by atoms with van der Waals surface area (Å²) >= 11 is 7.28. The van der Waals surface area contributed by atoms with Crippen molar-refractivity contribution in [1.82, 2.24) is 4.57 Å². The Balaban J connectivity index is 1.81. The van der Waals surface area contributed by atoms with Gasteiger partial charge < -0.3 is 9.64 Å². The number of carbonyl (C=O) groups excluding carboxylic acids is 2. The number of likely N-dealkylation sites (N-methyl/N-ethyl adjacent to an activating group) is 1. The van der Waals surface area contributed by atoms with E-state index in [1.165, 1.54) is 4.57 Å². The Kier molecular flexibility index (Phi) is 6.18. The molecule has 1 atom stereocenters. The smallest absolute Gasteiger partial charge is 0.338 e. The highest BCUT2D eigenvalue weighted by Crippen LogP contribution is 2.35. The first kappa shape index (κ1) is 24.2. The fourth-order valence-corrected chi connectivity index (χ4v) is 5.95. The fraction of sp³-hybridized carbons (Fsp3) is 0.259. The molecule has 0 bridgehead atoms. The van der Waals surface area contributed by atoms with Gasteiger partial charge in [0, 0.05) is 17.1 Å². The van der Waals surface area contributed by atoms with Crippen molar-refractivity contribution in [3.05, 3.63) is 95.6 Å². The van der Waals surface area contributed by atoms with Crippen molar-refractivity contribution in [2.45, 2.75) is 39.8 Å². The summed E-state index contributed by atoms with van der Waals surface area (Å²) in [5.74, 6) is -0.759. The SMILES string of the molecule is CCN1C(=O)/C(=c2/sc3n(c2=O)[C@H](c2ccc(Cl)cc2)C(C(=O)OC(C)C)=C(C)N=3)c2ccccc21. The van der Waals surface area contributed by atoms with E-state index in [1.54, 1.807) is 49.9 Å². The number of amides is 1. The van der Waals surface area contributed by atoms with Gasteiger partial charge in [-0.1, -0.05) is 53.3 Å². The second-order valence-electron chi connectivity index (χ2n) is 8.85. The molecule has 0 fully saturated rings. The van der Waals surface area contributed by atoms with Crippen LogP contribution in [0.15, 0.2) is 69.6 Å². The lowest BCUT2D eigenvalue weighted by Gasteiger charge is -2.25. The van der Waals surface area contributed by atoms with E-state index in [-0.39, 0.29) is 23.1 Å². The molecule has 0 unspecified atom stereocenters. The van der Waals surface area contributed by atoms with Gasteiger partial charge in [-0.15, -0.1) is 0 Å². The van der Waals surface area contributed by atoms with Gasteiger partial charge in [-0.25, -0.2) is 9.79 Å². The molecule has 2 aliphatic rings. The van der Waals surface area contributed by atoms with Crippen molar-refractivity contribution in [3.8, 4) is 0 Å². The first-order valence-corrected chi connectivity index (χ1v) is 12.8. The van der Waals surface area contributed by atoms with Crippen LogP contribution in [0.2, 0.25) is 5.02 Å². The molecule has 7 nitrogen and oxygen atoms in total. The van der Waals surface area contributed by atoms with E-state index in [1.807, 2.05) is 31.2 Å². The van der Waals surface area contributed by atoms with Gasteiger partial charge in [0.05, 0.1) is 34.7 Å². The van der Waals surface area contributed by atoms with Crippen LogP contribution in [0.1, 0.15) is 44.9 Å². The maximum atomic E-state index is 14.0. The zero-order chi connectivity index (χ0) is 25.7. The van der Waals surface area contributed by atoms with Crippen molar-refractivity contribution in [1.29, 1.82) is 0 Å². The molecule has 0 radical (unpaired) electrons. The number of aromatic nitrogens is 1. The Morgan fingerprint density at radius 2 is 1.83 bits per heavy atom. The van der Waals surface area contributed by atoms with Gasteiger partial charge in [-0.05, 0) is 51.5 Å². The van der Waals surface area contributed by atoms with Crippen molar-refractivity contribution < 1.29 is 14.3 Å². The van der Waals surface area contributed by atoms with E-state index in [0.29, 0.717) is 43.3 Å².